The number of amides is 2. The van der Waals surface area contributed by atoms with E-state index in [0.717, 1.165) is 22.4 Å². The zero-order chi connectivity index (χ0) is 22.1. The molecule has 1 aromatic heterocycles. The first-order chi connectivity index (χ1) is 14.8. The highest BCUT2D eigenvalue weighted by Gasteiger charge is 2.34. The van der Waals surface area contributed by atoms with Crippen molar-refractivity contribution in [1.29, 1.82) is 0 Å². The summed E-state index contributed by atoms with van der Waals surface area (Å²) >= 11 is 0. The molecular weight excluding hydrogens is 394 g/mol. The standard InChI is InChI=1S/C23H23N5O3/c1-12-4-7-15(8-5-12)25-23-27-20-19(22(31)28-23)17(11-18(29)26-20)21(30)24-16-9-6-13(2)14(3)10-16/h4-10,17H,11H2,1-3H3,(H,24,30)(H3,25,26,27,28,29,31)/t17-/m1/s1. The molecule has 1 aliphatic rings. The topological polar surface area (TPSA) is 116 Å². The van der Waals surface area contributed by atoms with Gasteiger partial charge in [-0.15, -0.1) is 0 Å². The highest BCUT2D eigenvalue weighted by Crippen LogP contribution is 2.30. The highest BCUT2D eigenvalue weighted by molar-refractivity contribution is 6.04. The fraction of sp³-hybridized carbons (Fsp3) is 0.217. The Hall–Kier alpha value is -3.94. The molecule has 0 fully saturated rings. The molecule has 31 heavy (non-hydrogen) atoms. The summed E-state index contributed by atoms with van der Waals surface area (Å²) in [7, 11) is 0. The average molecular weight is 417 g/mol. The van der Waals surface area contributed by atoms with E-state index in [1.165, 1.54) is 0 Å². The number of aromatic amines is 1. The molecule has 1 atom stereocenters. The second kappa shape index (κ2) is 8.06. The molecule has 0 saturated carbocycles. The minimum atomic E-state index is -0.935. The number of anilines is 4. The van der Waals surface area contributed by atoms with Gasteiger partial charge in [-0.25, -0.2) is 0 Å². The lowest BCUT2D eigenvalue weighted by molar-refractivity contribution is -0.123. The normalized spacial score (nSPS) is 15.1. The monoisotopic (exact) mass is 417 g/mol. The third-order valence-electron chi connectivity index (χ3n) is 5.36. The van der Waals surface area contributed by atoms with Crippen molar-refractivity contribution in [3.63, 3.8) is 0 Å². The summed E-state index contributed by atoms with van der Waals surface area (Å²) in [6.45, 7) is 5.91. The van der Waals surface area contributed by atoms with E-state index in [1.807, 2.05) is 57.2 Å². The molecule has 4 rings (SSSR count). The van der Waals surface area contributed by atoms with Crippen LogP contribution in [0.2, 0.25) is 0 Å². The maximum atomic E-state index is 12.9. The zero-order valence-corrected chi connectivity index (χ0v) is 17.5. The van der Waals surface area contributed by atoms with Gasteiger partial charge >= 0.3 is 0 Å². The van der Waals surface area contributed by atoms with Crippen molar-refractivity contribution in [3.05, 3.63) is 75.1 Å². The molecule has 0 spiro atoms. The summed E-state index contributed by atoms with van der Waals surface area (Å²) in [5.41, 5.74) is 4.26. The van der Waals surface area contributed by atoms with Gasteiger partial charge in [-0.1, -0.05) is 23.8 Å². The van der Waals surface area contributed by atoms with Crippen molar-refractivity contribution < 1.29 is 9.59 Å². The molecule has 8 nitrogen and oxygen atoms in total. The number of benzene rings is 2. The summed E-state index contributed by atoms with van der Waals surface area (Å²) in [5.74, 6) is -1.45. The maximum absolute atomic E-state index is 12.9. The molecule has 0 saturated heterocycles. The average Bonchev–Trinajstić information content (AvgIpc) is 2.71. The first-order valence-corrected chi connectivity index (χ1v) is 9.96. The molecule has 0 unspecified atom stereocenters. The number of carbonyl (C=O) groups excluding carboxylic acids is 2. The van der Waals surface area contributed by atoms with Crippen molar-refractivity contribution in [2.24, 2.45) is 0 Å². The summed E-state index contributed by atoms with van der Waals surface area (Å²) in [6.07, 6.45) is -0.126. The van der Waals surface area contributed by atoms with Gasteiger partial charge in [0.25, 0.3) is 5.56 Å². The van der Waals surface area contributed by atoms with Crippen LogP contribution in [0.5, 0.6) is 0 Å². The van der Waals surface area contributed by atoms with Gasteiger partial charge in [0.15, 0.2) is 0 Å². The van der Waals surface area contributed by atoms with Gasteiger partial charge < -0.3 is 16.0 Å². The van der Waals surface area contributed by atoms with Crippen LogP contribution in [0.3, 0.4) is 0 Å². The Bertz CT molecular complexity index is 1230. The van der Waals surface area contributed by atoms with Crippen LogP contribution < -0.4 is 21.5 Å². The molecule has 0 aliphatic carbocycles. The van der Waals surface area contributed by atoms with Crippen molar-refractivity contribution >= 4 is 35.0 Å². The van der Waals surface area contributed by atoms with Crippen molar-refractivity contribution in [1.82, 2.24) is 9.97 Å². The number of nitrogens with one attached hydrogen (secondary N) is 4. The zero-order valence-electron chi connectivity index (χ0n) is 17.5. The van der Waals surface area contributed by atoms with E-state index in [9.17, 15) is 14.4 Å². The second-order valence-corrected chi connectivity index (χ2v) is 7.76. The van der Waals surface area contributed by atoms with Crippen LogP contribution >= 0.6 is 0 Å². The summed E-state index contributed by atoms with van der Waals surface area (Å²) in [4.78, 5) is 45.0. The van der Waals surface area contributed by atoms with Crippen molar-refractivity contribution in [2.45, 2.75) is 33.1 Å². The number of nitrogens with zero attached hydrogens (tertiary/aromatic N) is 1. The van der Waals surface area contributed by atoms with E-state index < -0.39 is 17.4 Å². The number of rotatable bonds is 4. The number of fused-ring (bicyclic) bond motifs is 1. The van der Waals surface area contributed by atoms with Gasteiger partial charge in [0.1, 0.15) is 5.82 Å². The van der Waals surface area contributed by atoms with E-state index in [-0.39, 0.29) is 29.7 Å². The number of hydrogen-bond acceptors (Lipinski definition) is 5. The second-order valence-electron chi connectivity index (χ2n) is 7.76. The Kier molecular flexibility index (Phi) is 5.29. The lowest BCUT2D eigenvalue weighted by Gasteiger charge is -2.23. The Morgan fingerprint density at radius 2 is 1.71 bits per heavy atom. The SMILES string of the molecule is Cc1ccc(Nc2nc3c(c(=O)[nH]2)[C@H](C(=O)Nc2ccc(C)c(C)c2)CC(=O)N3)cc1. The molecule has 0 bridgehead atoms. The highest BCUT2D eigenvalue weighted by atomic mass is 16.2. The smallest absolute Gasteiger partial charge is 0.258 e. The predicted octanol–water partition coefficient (Wildman–Crippen LogP) is 3.50. The summed E-state index contributed by atoms with van der Waals surface area (Å²) < 4.78 is 0. The van der Waals surface area contributed by atoms with Crippen LogP contribution in [0.15, 0.2) is 47.3 Å². The fourth-order valence-electron chi connectivity index (χ4n) is 3.48. The van der Waals surface area contributed by atoms with Gasteiger partial charge in [0.05, 0.1) is 11.5 Å². The molecule has 2 amide bonds. The summed E-state index contributed by atoms with van der Waals surface area (Å²) in [6, 6.07) is 13.1. The van der Waals surface area contributed by atoms with Gasteiger partial charge in [-0.2, -0.15) is 4.98 Å². The first kappa shape index (κ1) is 20.3. The van der Waals surface area contributed by atoms with Crippen LogP contribution in [0.25, 0.3) is 0 Å². The molecule has 8 heteroatoms. The minimum absolute atomic E-state index is 0.0925. The molecular formula is C23H23N5O3. The van der Waals surface area contributed by atoms with Gasteiger partial charge in [0, 0.05) is 17.8 Å². The number of aryl methyl sites for hydroxylation is 3. The molecule has 4 N–H and O–H groups in total. The lowest BCUT2D eigenvalue weighted by Crippen LogP contribution is -2.36. The lowest BCUT2D eigenvalue weighted by atomic mass is 9.92. The maximum Gasteiger partial charge on any atom is 0.258 e. The number of aromatic nitrogens is 2. The van der Waals surface area contributed by atoms with E-state index in [4.69, 9.17) is 0 Å². The Balaban J connectivity index is 1.63. The molecule has 2 aromatic carbocycles. The van der Waals surface area contributed by atoms with Crippen LogP contribution in [0.1, 0.15) is 34.6 Å². The third kappa shape index (κ3) is 4.32. The minimum Gasteiger partial charge on any atom is -0.326 e. The van der Waals surface area contributed by atoms with E-state index in [0.29, 0.717) is 5.69 Å². The third-order valence-corrected chi connectivity index (χ3v) is 5.36. The van der Waals surface area contributed by atoms with Crippen LogP contribution in [0, 0.1) is 20.8 Å². The number of H-pyrrole nitrogens is 1. The van der Waals surface area contributed by atoms with Gasteiger partial charge in [-0.05, 0) is 56.2 Å². The van der Waals surface area contributed by atoms with E-state index >= 15 is 0 Å². The van der Waals surface area contributed by atoms with Gasteiger partial charge in [-0.3, -0.25) is 19.4 Å². The Morgan fingerprint density at radius 1 is 1.00 bits per heavy atom. The van der Waals surface area contributed by atoms with Crippen LogP contribution in [-0.2, 0) is 9.59 Å². The van der Waals surface area contributed by atoms with E-state index in [2.05, 4.69) is 25.9 Å². The number of carbonyl (C=O) groups is 2. The summed E-state index contributed by atoms with van der Waals surface area (Å²) in [5, 5.41) is 8.44. The quantitative estimate of drug-likeness (QED) is 0.518. The Morgan fingerprint density at radius 3 is 2.42 bits per heavy atom. The van der Waals surface area contributed by atoms with Crippen LogP contribution in [-0.4, -0.2) is 21.8 Å². The molecule has 2 heterocycles. The fourth-order valence-corrected chi connectivity index (χ4v) is 3.48. The largest absolute Gasteiger partial charge is 0.326 e. The van der Waals surface area contributed by atoms with Gasteiger partial charge in [0.2, 0.25) is 17.8 Å². The van der Waals surface area contributed by atoms with E-state index in [1.54, 1.807) is 6.07 Å². The van der Waals surface area contributed by atoms with Crippen molar-refractivity contribution in [2.75, 3.05) is 16.0 Å². The molecule has 158 valence electrons. The number of hydrogen-bond donors (Lipinski definition) is 4. The first-order valence-electron chi connectivity index (χ1n) is 9.96. The van der Waals surface area contributed by atoms with Crippen LogP contribution in [0.4, 0.5) is 23.1 Å². The molecule has 3 aromatic rings. The van der Waals surface area contributed by atoms with Crippen molar-refractivity contribution in [3.8, 4) is 0 Å². The molecule has 0 radical (unpaired) electrons. The predicted molar refractivity (Wildman–Crippen MR) is 120 cm³/mol. The Labute approximate surface area is 179 Å². The molecule has 1 aliphatic heterocycles.